The highest BCUT2D eigenvalue weighted by Gasteiger charge is 2.21. The molecule has 24 heavy (non-hydrogen) atoms. The molecule has 2 N–H and O–H groups in total. The number of carbonyl (C=O) groups excluding carboxylic acids is 1. The van der Waals surface area contributed by atoms with Gasteiger partial charge in [-0.2, -0.15) is 0 Å². The fraction of sp³-hybridized carbons (Fsp3) is 0.267. The lowest BCUT2D eigenvalue weighted by Gasteiger charge is -2.13. The molecular weight excluding hydrogens is 357 g/mol. The van der Waals surface area contributed by atoms with Gasteiger partial charge in [0.2, 0.25) is 0 Å². The molecule has 0 radical (unpaired) electrons. The monoisotopic (exact) mass is 371 g/mol. The van der Waals surface area contributed by atoms with Crippen LogP contribution in [0.15, 0.2) is 23.3 Å². The summed E-state index contributed by atoms with van der Waals surface area (Å²) in [5.41, 5.74) is 4.63. The van der Waals surface area contributed by atoms with Crippen molar-refractivity contribution < 1.29 is 14.3 Å². The van der Waals surface area contributed by atoms with Crippen LogP contribution < -0.4 is 16.0 Å². The fourth-order valence-electron chi connectivity index (χ4n) is 2.00. The zero-order chi connectivity index (χ0) is 17.9. The molecule has 0 amide bonds. The number of rotatable bonds is 5. The molecular formula is C15H15Cl2N3O4. The van der Waals surface area contributed by atoms with Gasteiger partial charge in [-0.25, -0.2) is 9.78 Å². The molecule has 0 saturated heterocycles. The average molecular weight is 372 g/mol. The summed E-state index contributed by atoms with van der Waals surface area (Å²) in [6.45, 7) is 2.47. The quantitative estimate of drug-likeness (QED) is 0.811. The van der Waals surface area contributed by atoms with Crippen molar-refractivity contribution in [1.29, 1.82) is 0 Å². The topological polar surface area (TPSA) is 96.4 Å². The van der Waals surface area contributed by atoms with E-state index in [0.29, 0.717) is 12.4 Å². The van der Waals surface area contributed by atoms with E-state index in [1.54, 1.807) is 0 Å². The van der Waals surface area contributed by atoms with Crippen LogP contribution in [0.5, 0.6) is 5.75 Å². The molecule has 0 aliphatic heterocycles. The minimum Gasteiger partial charge on any atom is -0.493 e. The molecule has 128 valence electrons. The summed E-state index contributed by atoms with van der Waals surface area (Å²) in [6, 6.07) is 3.05. The first-order chi connectivity index (χ1) is 11.4. The molecule has 0 atom stereocenters. The Balaban J connectivity index is 2.61. The maximum atomic E-state index is 12.5. The largest absolute Gasteiger partial charge is 0.493 e. The minimum absolute atomic E-state index is 0.165. The van der Waals surface area contributed by atoms with E-state index in [0.717, 1.165) is 24.4 Å². The summed E-state index contributed by atoms with van der Waals surface area (Å²) in [7, 11) is 1.14. The molecule has 0 spiro atoms. The predicted octanol–water partition coefficient (Wildman–Crippen LogP) is 2.70. The van der Waals surface area contributed by atoms with E-state index in [4.69, 9.17) is 33.7 Å². The van der Waals surface area contributed by atoms with Crippen LogP contribution in [0.3, 0.4) is 0 Å². The Morgan fingerprint density at radius 3 is 2.50 bits per heavy atom. The molecule has 1 aromatic carbocycles. The maximum Gasteiger partial charge on any atom is 0.347 e. The molecule has 2 aromatic rings. The number of methoxy groups -OCH3 is 1. The van der Waals surface area contributed by atoms with Gasteiger partial charge in [0.05, 0.1) is 29.4 Å². The fourth-order valence-corrected chi connectivity index (χ4v) is 2.64. The number of halogens is 2. The van der Waals surface area contributed by atoms with Crippen molar-refractivity contribution in [2.75, 3.05) is 19.5 Å². The lowest BCUT2D eigenvalue weighted by Crippen LogP contribution is -2.28. The van der Waals surface area contributed by atoms with Crippen molar-refractivity contribution in [3.63, 3.8) is 0 Å². The number of nitrogen functional groups attached to an aromatic ring is 1. The number of hydrogen-bond donors (Lipinski definition) is 1. The molecule has 1 aromatic heterocycles. The van der Waals surface area contributed by atoms with Gasteiger partial charge in [-0.15, -0.1) is 0 Å². The van der Waals surface area contributed by atoms with Gasteiger partial charge < -0.3 is 15.2 Å². The third-order valence-corrected chi connectivity index (χ3v) is 3.67. The number of ether oxygens (including phenoxy) is 2. The molecule has 2 rings (SSSR count). The van der Waals surface area contributed by atoms with Crippen LogP contribution in [0.4, 0.5) is 5.82 Å². The van der Waals surface area contributed by atoms with Crippen molar-refractivity contribution in [3.8, 4) is 11.4 Å². The first-order valence-electron chi connectivity index (χ1n) is 6.98. The van der Waals surface area contributed by atoms with E-state index in [2.05, 4.69) is 9.72 Å². The number of esters is 1. The summed E-state index contributed by atoms with van der Waals surface area (Å²) in [5, 5.41) is 0.330. The molecule has 0 bridgehead atoms. The Morgan fingerprint density at radius 2 is 1.96 bits per heavy atom. The van der Waals surface area contributed by atoms with Crippen molar-refractivity contribution >= 4 is 35.0 Å². The second-order valence-corrected chi connectivity index (χ2v) is 5.57. The average Bonchev–Trinajstić information content (AvgIpc) is 2.54. The van der Waals surface area contributed by atoms with Crippen LogP contribution in [0.1, 0.15) is 23.7 Å². The summed E-state index contributed by atoms with van der Waals surface area (Å²) in [6.07, 6.45) is 1.96. The van der Waals surface area contributed by atoms with E-state index in [1.807, 2.05) is 6.92 Å². The maximum absolute atomic E-state index is 12.5. The number of aromatic nitrogens is 2. The van der Waals surface area contributed by atoms with Gasteiger partial charge >= 0.3 is 5.97 Å². The molecule has 9 heteroatoms. The first-order valence-corrected chi connectivity index (χ1v) is 7.74. The van der Waals surface area contributed by atoms with Crippen molar-refractivity contribution in [2.24, 2.45) is 0 Å². The molecule has 0 fully saturated rings. The number of benzene rings is 1. The Morgan fingerprint density at radius 1 is 1.33 bits per heavy atom. The zero-order valence-electron chi connectivity index (χ0n) is 13.0. The Hall–Kier alpha value is -2.25. The van der Waals surface area contributed by atoms with E-state index < -0.39 is 17.1 Å². The van der Waals surface area contributed by atoms with E-state index >= 15 is 0 Å². The molecule has 0 aliphatic rings. The van der Waals surface area contributed by atoms with Crippen LogP contribution >= 0.6 is 23.2 Å². The third-order valence-electron chi connectivity index (χ3n) is 3.09. The molecule has 0 saturated carbocycles. The van der Waals surface area contributed by atoms with Crippen molar-refractivity contribution in [3.05, 3.63) is 44.4 Å². The summed E-state index contributed by atoms with van der Waals surface area (Å²) < 4.78 is 11.1. The van der Waals surface area contributed by atoms with Gasteiger partial charge in [-0.3, -0.25) is 9.36 Å². The van der Waals surface area contributed by atoms with Crippen LogP contribution in [0, 0.1) is 0 Å². The van der Waals surface area contributed by atoms with E-state index in [9.17, 15) is 9.59 Å². The van der Waals surface area contributed by atoms with Crippen LogP contribution in [-0.4, -0.2) is 29.2 Å². The predicted molar refractivity (Wildman–Crippen MR) is 91.4 cm³/mol. The van der Waals surface area contributed by atoms with E-state index in [1.165, 1.54) is 12.1 Å². The number of nitrogens with two attached hydrogens (primary N) is 1. The summed E-state index contributed by atoms with van der Waals surface area (Å²) in [4.78, 5) is 28.1. The standard InChI is InChI=1S/C15H15Cl2N3O4/c1-3-4-24-8-5-9(16)12(10(17)6-8)20-7-19-13(18)11(14(20)21)15(22)23-2/h5-7H,3-4,18H2,1-2H3. The number of carbonyl (C=O) groups is 1. The highest BCUT2D eigenvalue weighted by Crippen LogP contribution is 2.32. The van der Waals surface area contributed by atoms with Gasteiger partial charge in [0.25, 0.3) is 5.56 Å². The van der Waals surface area contributed by atoms with Gasteiger partial charge in [0.15, 0.2) is 5.56 Å². The molecule has 0 aliphatic carbocycles. The smallest absolute Gasteiger partial charge is 0.347 e. The highest BCUT2D eigenvalue weighted by atomic mass is 35.5. The van der Waals surface area contributed by atoms with Crippen molar-refractivity contribution in [1.82, 2.24) is 9.55 Å². The van der Waals surface area contributed by atoms with Gasteiger partial charge in [-0.1, -0.05) is 30.1 Å². The number of nitrogens with zero attached hydrogens (tertiary/aromatic N) is 2. The van der Waals surface area contributed by atoms with Crippen LogP contribution in [-0.2, 0) is 4.74 Å². The van der Waals surface area contributed by atoms with E-state index in [-0.39, 0.29) is 21.6 Å². The third kappa shape index (κ3) is 3.47. The number of hydrogen-bond acceptors (Lipinski definition) is 6. The Bertz CT molecular complexity index is 813. The Kier molecular flexibility index (Phi) is 5.69. The number of anilines is 1. The second kappa shape index (κ2) is 7.55. The summed E-state index contributed by atoms with van der Waals surface area (Å²) >= 11 is 12.5. The second-order valence-electron chi connectivity index (χ2n) is 4.76. The van der Waals surface area contributed by atoms with Gasteiger partial charge in [0, 0.05) is 12.1 Å². The normalized spacial score (nSPS) is 10.5. The van der Waals surface area contributed by atoms with Crippen LogP contribution in [0.25, 0.3) is 5.69 Å². The van der Waals surface area contributed by atoms with Gasteiger partial charge in [-0.05, 0) is 6.42 Å². The first kappa shape index (κ1) is 18.1. The van der Waals surface area contributed by atoms with Crippen molar-refractivity contribution in [2.45, 2.75) is 13.3 Å². The molecule has 7 nitrogen and oxygen atoms in total. The van der Waals surface area contributed by atoms with Crippen LogP contribution in [0.2, 0.25) is 10.0 Å². The summed E-state index contributed by atoms with van der Waals surface area (Å²) in [5.74, 6) is -0.659. The molecule has 0 unspecified atom stereocenters. The van der Waals surface area contributed by atoms with Gasteiger partial charge in [0.1, 0.15) is 17.9 Å². The Labute approximate surface area is 147 Å². The lowest BCUT2D eigenvalue weighted by molar-refractivity contribution is 0.0599. The lowest BCUT2D eigenvalue weighted by atomic mass is 10.2. The highest BCUT2D eigenvalue weighted by molar-refractivity contribution is 6.38. The minimum atomic E-state index is -0.894. The zero-order valence-corrected chi connectivity index (χ0v) is 14.5. The molecule has 1 heterocycles. The SMILES string of the molecule is CCCOc1cc(Cl)c(-n2cnc(N)c(C(=O)OC)c2=O)c(Cl)c1.